The number of nitrogens with zero attached hydrogens (tertiary/aromatic N) is 2. The molecule has 1 fully saturated rings. The van der Waals surface area contributed by atoms with Gasteiger partial charge in [0.05, 0.1) is 5.92 Å². The molecule has 1 saturated heterocycles. The first-order chi connectivity index (χ1) is 10.1. The third-order valence-electron chi connectivity index (χ3n) is 3.83. The fraction of sp³-hybridized carbons (Fsp3) is 0.800. The number of likely N-dealkylation sites (tertiary alicyclic amines) is 1. The zero-order valence-corrected chi connectivity index (χ0v) is 13.9. The molecule has 2 amide bonds. The third kappa shape index (κ3) is 6.01. The first-order valence-electron chi connectivity index (χ1n) is 7.57. The molecule has 0 bridgehead atoms. The van der Waals surface area contributed by atoms with Crippen LogP contribution in [0.15, 0.2) is 0 Å². The fourth-order valence-corrected chi connectivity index (χ4v) is 2.40. The Morgan fingerprint density at radius 3 is 2.59 bits per heavy atom. The molecule has 2 N–H and O–H groups in total. The maximum absolute atomic E-state index is 12.3. The Hall–Kier alpha value is -1.63. The first kappa shape index (κ1) is 18.4. The number of hydrogen-bond acceptors (Lipinski definition) is 4. The van der Waals surface area contributed by atoms with E-state index in [4.69, 9.17) is 5.11 Å². The summed E-state index contributed by atoms with van der Waals surface area (Å²) in [5.74, 6) is -1.39. The number of carboxylic acid groups (broad SMARTS) is 1. The van der Waals surface area contributed by atoms with Crippen molar-refractivity contribution in [1.29, 1.82) is 0 Å². The van der Waals surface area contributed by atoms with Gasteiger partial charge in [-0.05, 0) is 34.4 Å². The van der Waals surface area contributed by atoms with E-state index in [-0.39, 0.29) is 30.6 Å². The second-order valence-corrected chi connectivity index (χ2v) is 6.81. The summed E-state index contributed by atoms with van der Waals surface area (Å²) in [5.41, 5.74) is -0.588. The minimum Gasteiger partial charge on any atom is -0.481 e. The number of aliphatic carboxylic acids is 1. The number of likely N-dealkylation sites (N-methyl/N-ethyl adjacent to an activating group) is 1. The van der Waals surface area contributed by atoms with Gasteiger partial charge in [-0.3, -0.25) is 14.4 Å². The zero-order valence-electron chi connectivity index (χ0n) is 13.9. The van der Waals surface area contributed by atoms with Crippen LogP contribution in [0.4, 0.5) is 0 Å². The number of carboxylic acids is 1. The van der Waals surface area contributed by atoms with E-state index in [2.05, 4.69) is 5.32 Å². The summed E-state index contributed by atoms with van der Waals surface area (Å²) in [7, 11) is 3.88. The Bertz CT molecular complexity index is 435. The van der Waals surface area contributed by atoms with Gasteiger partial charge in [-0.25, -0.2) is 0 Å². The van der Waals surface area contributed by atoms with E-state index < -0.39 is 11.5 Å². The molecule has 1 aliphatic rings. The van der Waals surface area contributed by atoms with Crippen LogP contribution in [-0.4, -0.2) is 72.0 Å². The van der Waals surface area contributed by atoms with E-state index in [9.17, 15) is 14.4 Å². The van der Waals surface area contributed by atoms with Gasteiger partial charge in [-0.15, -0.1) is 0 Å². The quantitative estimate of drug-likeness (QED) is 0.666. The van der Waals surface area contributed by atoms with Crippen molar-refractivity contribution in [1.82, 2.24) is 15.1 Å². The number of amides is 2. The molecule has 0 aromatic carbocycles. The Morgan fingerprint density at radius 2 is 2.05 bits per heavy atom. The van der Waals surface area contributed by atoms with Crippen LogP contribution in [0.1, 0.15) is 33.1 Å². The summed E-state index contributed by atoms with van der Waals surface area (Å²) in [5, 5.41) is 11.6. The van der Waals surface area contributed by atoms with Crippen LogP contribution in [0.3, 0.4) is 0 Å². The standard InChI is InChI=1S/C15H27N3O4/c1-15(2,6-5-13(20)21)16-14(22)11-9-12(19)18(10-11)8-7-17(3)4/h11H,5-10H2,1-4H3,(H,16,22)(H,20,21). The molecule has 1 unspecified atom stereocenters. The second-order valence-electron chi connectivity index (χ2n) is 6.81. The van der Waals surface area contributed by atoms with Crippen molar-refractivity contribution < 1.29 is 19.5 Å². The molecule has 0 saturated carbocycles. The highest BCUT2D eigenvalue weighted by Gasteiger charge is 2.35. The molecule has 7 nitrogen and oxygen atoms in total. The number of hydrogen-bond donors (Lipinski definition) is 2. The van der Waals surface area contributed by atoms with Gasteiger partial charge in [0.2, 0.25) is 11.8 Å². The Kier molecular flexibility index (Phi) is 6.34. The molecule has 7 heteroatoms. The smallest absolute Gasteiger partial charge is 0.303 e. The number of carbonyl (C=O) groups excluding carboxylic acids is 2. The maximum Gasteiger partial charge on any atom is 0.303 e. The van der Waals surface area contributed by atoms with Crippen molar-refractivity contribution in [3.63, 3.8) is 0 Å². The molecule has 0 spiro atoms. The lowest BCUT2D eigenvalue weighted by atomic mass is 9.96. The second kappa shape index (κ2) is 7.58. The fourth-order valence-electron chi connectivity index (χ4n) is 2.40. The van der Waals surface area contributed by atoms with Crippen LogP contribution in [0.5, 0.6) is 0 Å². The highest BCUT2D eigenvalue weighted by molar-refractivity contribution is 5.89. The SMILES string of the molecule is CN(C)CCN1CC(C(=O)NC(C)(C)CCC(=O)O)CC1=O. The number of rotatable bonds is 8. The van der Waals surface area contributed by atoms with E-state index in [1.54, 1.807) is 18.7 Å². The highest BCUT2D eigenvalue weighted by Crippen LogP contribution is 2.20. The Labute approximate surface area is 131 Å². The predicted octanol–water partition coefficient (Wildman–Crippen LogP) is 0.156. The van der Waals surface area contributed by atoms with Gasteiger partial charge in [0.1, 0.15) is 0 Å². The molecule has 0 aromatic rings. The van der Waals surface area contributed by atoms with E-state index in [0.717, 1.165) is 6.54 Å². The topological polar surface area (TPSA) is 89.9 Å². The van der Waals surface area contributed by atoms with Crippen molar-refractivity contribution in [3.8, 4) is 0 Å². The molecule has 1 aliphatic heterocycles. The molecule has 1 rings (SSSR count). The number of carbonyl (C=O) groups is 3. The molecule has 0 radical (unpaired) electrons. The molecule has 1 atom stereocenters. The van der Waals surface area contributed by atoms with Crippen LogP contribution in [-0.2, 0) is 14.4 Å². The van der Waals surface area contributed by atoms with Crippen LogP contribution >= 0.6 is 0 Å². The van der Waals surface area contributed by atoms with E-state index in [0.29, 0.717) is 19.5 Å². The average molecular weight is 313 g/mol. The van der Waals surface area contributed by atoms with E-state index in [1.165, 1.54) is 0 Å². The van der Waals surface area contributed by atoms with Crippen LogP contribution in [0.25, 0.3) is 0 Å². The van der Waals surface area contributed by atoms with Gasteiger partial charge in [0, 0.05) is 38.0 Å². The van der Waals surface area contributed by atoms with E-state index >= 15 is 0 Å². The monoisotopic (exact) mass is 313 g/mol. The molecular formula is C15H27N3O4. The van der Waals surface area contributed by atoms with Crippen molar-refractivity contribution in [2.75, 3.05) is 33.7 Å². The minimum atomic E-state index is -0.881. The Morgan fingerprint density at radius 1 is 1.41 bits per heavy atom. The lowest BCUT2D eigenvalue weighted by Crippen LogP contribution is -2.47. The maximum atomic E-state index is 12.3. The summed E-state index contributed by atoms with van der Waals surface area (Å²) < 4.78 is 0. The van der Waals surface area contributed by atoms with Crippen molar-refractivity contribution in [3.05, 3.63) is 0 Å². The first-order valence-corrected chi connectivity index (χ1v) is 7.57. The van der Waals surface area contributed by atoms with Crippen molar-refractivity contribution in [2.45, 2.75) is 38.6 Å². The average Bonchev–Trinajstić information content (AvgIpc) is 2.75. The molecule has 1 heterocycles. The molecule has 126 valence electrons. The summed E-state index contributed by atoms with van der Waals surface area (Å²) in [4.78, 5) is 38.6. The van der Waals surface area contributed by atoms with Gasteiger partial charge >= 0.3 is 5.97 Å². The van der Waals surface area contributed by atoms with Gasteiger partial charge < -0.3 is 20.2 Å². The van der Waals surface area contributed by atoms with Crippen LogP contribution in [0, 0.1) is 5.92 Å². The summed E-state index contributed by atoms with van der Waals surface area (Å²) in [6.45, 7) is 5.43. The third-order valence-corrected chi connectivity index (χ3v) is 3.83. The van der Waals surface area contributed by atoms with E-state index in [1.807, 2.05) is 19.0 Å². The summed E-state index contributed by atoms with van der Waals surface area (Å²) >= 11 is 0. The van der Waals surface area contributed by atoms with Gasteiger partial charge in [0.15, 0.2) is 0 Å². The van der Waals surface area contributed by atoms with Crippen molar-refractivity contribution >= 4 is 17.8 Å². The lowest BCUT2D eigenvalue weighted by Gasteiger charge is -2.27. The molecular weight excluding hydrogens is 286 g/mol. The van der Waals surface area contributed by atoms with Crippen LogP contribution in [0.2, 0.25) is 0 Å². The predicted molar refractivity (Wildman–Crippen MR) is 82.3 cm³/mol. The lowest BCUT2D eigenvalue weighted by molar-refractivity contribution is -0.138. The van der Waals surface area contributed by atoms with Gasteiger partial charge in [0.25, 0.3) is 0 Å². The summed E-state index contributed by atoms with van der Waals surface area (Å²) in [6, 6.07) is 0. The van der Waals surface area contributed by atoms with Crippen molar-refractivity contribution in [2.24, 2.45) is 5.92 Å². The van der Waals surface area contributed by atoms with Crippen LogP contribution < -0.4 is 5.32 Å². The summed E-state index contributed by atoms with van der Waals surface area (Å²) in [6.07, 6.45) is 0.596. The van der Waals surface area contributed by atoms with Gasteiger partial charge in [-0.2, -0.15) is 0 Å². The largest absolute Gasteiger partial charge is 0.481 e. The normalized spacial score (nSPS) is 18.9. The zero-order chi connectivity index (χ0) is 16.9. The minimum absolute atomic E-state index is 0.00495. The molecule has 0 aliphatic carbocycles. The number of nitrogens with one attached hydrogen (secondary N) is 1. The molecule has 0 aromatic heterocycles. The Balaban J connectivity index is 2.49. The molecule has 22 heavy (non-hydrogen) atoms. The van der Waals surface area contributed by atoms with Gasteiger partial charge in [-0.1, -0.05) is 0 Å². The highest BCUT2D eigenvalue weighted by atomic mass is 16.4.